The predicted octanol–water partition coefficient (Wildman–Crippen LogP) is 2.23. The van der Waals surface area contributed by atoms with Crippen LogP contribution in [0.15, 0.2) is 10.9 Å². The van der Waals surface area contributed by atoms with Gasteiger partial charge in [-0.25, -0.2) is 0 Å². The summed E-state index contributed by atoms with van der Waals surface area (Å²) in [4.78, 5) is 28.0. The molecule has 2 aliphatic heterocycles. The lowest BCUT2D eigenvalue weighted by Gasteiger charge is -2.24. The van der Waals surface area contributed by atoms with Crippen molar-refractivity contribution in [1.82, 2.24) is 9.47 Å². The molecule has 142 valence electrons. The molecule has 6 nitrogen and oxygen atoms in total. The molecule has 1 saturated heterocycles. The van der Waals surface area contributed by atoms with E-state index in [4.69, 9.17) is 9.47 Å². The van der Waals surface area contributed by atoms with E-state index >= 15 is 0 Å². The summed E-state index contributed by atoms with van der Waals surface area (Å²) in [5.74, 6) is 1.06. The number of nitrogens with zero attached hydrogens (tertiary/aromatic N) is 2. The predicted molar refractivity (Wildman–Crippen MR) is 97.8 cm³/mol. The molecule has 0 bridgehead atoms. The van der Waals surface area contributed by atoms with Gasteiger partial charge in [0.25, 0.3) is 11.5 Å². The van der Waals surface area contributed by atoms with E-state index in [-0.39, 0.29) is 11.5 Å². The van der Waals surface area contributed by atoms with E-state index in [1.54, 1.807) is 4.57 Å². The van der Waals surface area contributed by atoms with Crippen molar-refractivity contribution in [2.45, 2.75) is 51.5 Å². The summed E-state index contributed by atoms with van der Waals surface area (Å²) < 4.78 is 13.3. The third kappa shape index (κ3) is 3.80. The number of aromatic nitrogens is 1. The van der Waals surface area contributed by atoms with Crippen LogP contribution in [0.2, 0.25) is 0 Å². The van der Waals surface area contributed by atoms with Crippen LogP contribution in [-0.4, -0.2) is 48.3 Å². The fraction of sp³-hybridized carbons (Fsp3) is 0.700. The van der Waals surface area contributed by atoms with Gasteiger partial charge in [-0.3, -0.25) is 9.59 Å². The minimum atomic E-state index is -0.0938. The normalized spacial score (nSPS) is 20.8. The summed E-state index contributed by atoms with van der Waals surface area (Å²) in [6.45, 7) is 3.71. The second kappa shape index (κ2) is 7.82. The number of carbonyl (C=O) groups excluding carboxylic acids is 1. The van der Waals surface area contributed by atoms with Gasteiger partial charge in [0.2, 0.25) is 0 Å². The molecule has 4 rings (SSSR count). The maximum absolute atomic E-state index is 13.4. The molecule has 0 radical (unpaired) electrons. The van der Waals surface area contributed by atoms with E-state index in [9.17, 15) is 9.59 Å². The van der Waals surface area contributed by atoms with Crippen LogP contribution in [0.25, 0.3) is 0 Å². The molecule has 3 heterocycles. The van der Waals surface area contributed by atoms with Gasteiger partial charge in [-0.05, 0) is 31.6 Å². The number of hydrogen-bond donors (Lipinski definition) is 0. The fourth-order valence-electron chi connectivity index (χ4n) is 3.87. The molecule has 1 saturated carbocycles. The molecular formula is C20H28N2O4. The van der Waals surface area contributed by atoms with Crippen LogP contribution in [-0.2, 0) is 17.7 Å². The Hall–Kier alpha value is -1.82. The number of rotatable bonds is 4. The molecule has 1 aromatic heterocycles. The topological polar surface area (TPSA) is 60.8 Å². The van der Waals surface area contributed by atoms with Gasteiger partial charge >= 0.3 is 0 Å². The third-order valence-corrected chi connectivity index (χ3v) is 5.60. The van der Waals surface area contributed by atoms with Crippen LogP contribution in [0, 0.1) is 5.92 Å². The highest BCUT2D eigenvalue weighted by atomic mass is 16.5. The number of amides is 1. The Morgan fingerprint density at radius 2 is 1.88 bits per heavy atom. The Bertz CT molecular complexity index is 715. The maximum atomic E-state index is 13.4. The highest BCUT2D eigenvalue weighted by Crippen LogP contribution is 2.31. The van der Waals surface area contributed by atoms with Crippen molar-refractivity contribution in [2.75, 3.05) is 32.9 Å². The standard InChI is InChI=1S/C20H28N2O4/c23-18-13-17(26-14-15-5-6-15)19(16-7-11-25-12-10-22(16)18)20(24)21-8-3-1-2-4-9-21/h13,15H,1-12,14H2. The fourth-order valence-corrected chi connectivity index (χ4v) is 3.87. The number of fused-ring (bicyclic) bond motifs is 1. The first-order chi connectivity index (χ1) is 12.7. The van der Waals surface area contributed by atoms with Crippen LogP contribution < -0.4 is 10.3 Å². The van der Waals surface area contributed by atoms with Crippen LogP contribution in [0.1, 0.15) is 54.6 Å². The summed E-state index contributed by atoms with van der Waals surface area (Å²) in [6.07, 6.45) is 7.36. The largest absolute Gasteiger partial charge is 0.492 e. The minimum Gasteiger partial charge on any atom is -0.492 e. The van der Waals surface area contributed by atoms with Gasteiger partial charge in [-0.15, -0.1) is 0 Å². The lowest BCUT2D eigenvalue weighted by molar-refractivity contribution is 0.0754. The summed E-state index contributed by atoms with van der Waals surface area (Å²) in [5.41, 5.74) is 1.29. The highest BCUT2D eigenvalue weighted by molar-refractivity contribution is 5.98. The van der Waals surface area contributed by atoms with Gasteiger partial charge in [0, 0.05) is 37.8 Å². The first kappa shape index (κ1) is 17.6. The molecule has 1 aliphatic carbocycles. The maximum Gasteiger partial charge on any atom is 0.259 e. The Morgan fingerprint density at radius 3 is 2.62 bits per heavy atom. The third-order valence-electron chi connectivity index (χ3n) is 5.60. The molecule has 3 aliphatic rings. The van der Waals surface area contributed by atoms with Crippen molar-refractivity contribution in [3.63, 3.8) is 0 Å². The lowest BCUT2D eigenvalue weighted by Crippen LogP contribution is -2.35. The van der Waals surface area contributed by atoms with Gasteiger partial charge in [-0.1, -0.05) is 12.8 Å². The van der Waals surface area contributed by atoms with Crippen molar-refractivity contribution in [1.29, 1.82) is 0 Å². The minimum absolute atomic E-state index is 0.0170. The van der Waals surface area contributed by atoms with E-state index in [1.165, 1.54) is 31.7 Å². The van der Waals surface area contributed by atoms with Crippen LogP contribution in [0.3, 0.4) is 0 Å². The van der Waals surface area contributed by atoms with Crippen LogP contribution in [0.5, 0.6) is 5.75 Å². The first-order valence-corrected chi connectivity index (χ1v) is 10.0. The average molecular weight is 360 g/mol. The number of likely N-dealkylation sites (tertiary alicyclic amines) is 1. The average Bonchev–Trinajstić information content (AvgIpc) is 3.47. The second-order valence-corrected chi connectivity index (χ2v) is 7.64. The van der Waals surface area contributed by atoms with E-state index in [2.05, 4.69) is 0 Å². The quantitative estimate of drug-likeness (QED) is 0.826. The Balaban J connectivity index is 1.72. The van der Waals surface area contributed by atoms with Crippen LogP contribution in [0.4, 0.5) is 0 Å². The Morgan fingerprint density at radius 1 is 1.12 bits per heavy atom. The molecular weight excluding hydrogens is 332 g/mol. The van der Waals surface area contributed by atoms with Crippen LogP contribution >= 0.6 is 0 Å². The Kier molecular flexibility index (Phi) is 5.29. The zero-order chi connectivity index (χ0) is 17.9. The molecule has 0 unspecified atom stereocenters. The number of hydrogen-bond acceptors (Lipinski definition) is 4. The second-order valence-electron chi connectivity index (χ2n) is 7.64. The monoisotopic (exact) mass is 360 g/mol. The van der Waals surface area contributed by atoms with E-state index in [0.29, 0.717) is 50.0 Å². The molecule has 1 amide bonds. The summed E-state index contributed by atoms with van der Waals surface area (Å²) in [6, 6.07) is 1.52. The van der Waals surface area contributed by atoms with E-state index in [0.717, 1.165) is 31.6 Å². The van der Waals surface area contributed by atoms with E-state index in [1.807, 2.05) is 4.90 Å². The number of ether oxygens (including phenoxy) is 2. The molecule has 26 heavy (non-hydrogen) atoms. The van der Waals surface area contributed by atoms with Gasteiger partial charge in [0.05, 0.1) is 19.8 Å². The van der Waals surface area contributed by atoms with Crippen molar-refractivity contribution < 1.29 is 14.3 Å². The summed E-state index contributed by atoms with van der Waals surface area (Å²) in [5, 5.41) is 0. The smallest absolute Gasteiger partial charge is 0.259 e. The van der Waals surface area contributed by atoms with Crippen molar-refractivity contribution in [3.8, 4) is 5.75 Å². The SMILES string of the molecule is O=C(c1c(OCC2CC2)cc(=O)n2c1CCOCC2)N1CCCCCC1. The van der Waals surface area contributed by atoms with E-state index < -0.39 is 0 Å². The molecule has 0 aromatic carbocycles. The zero-order valence-electron chi connectivity index (χ0n) is 15.4. The number of pyridine rings is 1. The molecule has 0 spiro atoms. The summed E-state index contributed by atoms with van der Waals surface area (Å²) >= 11 is 0. The van der Waals surface area contributed by atoms with Gasteiger partial charge in [0.1, 0.15) is 11.3 Å². The Labute approximate surface area is 154 Å². The van der Waals surface area contributed by atoms with Crippen molar-refractivity contribution in [3.05, 3.63) is 27.7 Å². The first-order valence-electron chi connectivity index (χ1n) is 10.0. The number of carbonyl (C=O) groups is 1. The lowest BCUT2D eigenvalue weighted by atomic mass is 10.1. The molecule has 6 heteroatoms. The molecule has 1 aromatic rings. The molecule has 2 fully saturated rings. The molecule has 0 N–H and O–H groups in total. The summed E-state index contributed by atoms with van der Waals surface area (Å²) in [7, 11) is 0. The highest BCUT2D eigenvalue weighted by Gasteiger charge is 2.29. The van der Waals surface area contributed by atoms with Crippen molar-refractivity contribution >= 4 is 5.91 Å². The van der Waals surface area contributed by atoms with Gasteiger partial charge in [-0.2, -0.15) is 0 Å². The van der Waals surface area contributed by atoms with Gasteiger partial charge in [0.15, 0.2) is 0 Å². The van der Waals surface area contributed by atoms with Gasteiger partial charge < -0.3 is 18.9 Å². The molecule has 0 atom stereocenters. The zero-order valence-corrected chi connectivity index (χ0v) is 15.4. The van der Waals surface area contributed by atoms with Crippen molar-refractivity contribution in [2.24, 2.45) is 5.92 Å².